The van der Waals surface area contributed by atoms with Gasteiger partial charge < -0.3 is 15.5 Å². The number of hydrogen-bond donors (Lipinski definition) is 2. The predicted octanol–water partition coefficient (Wildman–Crippen LogP) is 2.03. The molecule has 1 aliphatic carbocycles. The fourth-order valence-corrected chi connectivity index (χ4v) is 2.71. The van der Waals surface area contributed by atoms with Gasteiger partial charge in [-0.25, -0.2) is 4.79 Å². The van der Waals surface area contributed by atoms with E-state index in [1.165, 1.54) is 24.0 Å². The topological polar surface area (TPSA) is 85.3 Å². The first-order valence-corrected chi connectivity index (χ1v) is 6.91. The molecule has 0 saturated carbocycles. The molecule has 5 nitrogen and oxygen atoms in total. The summed E-state index contributed by atoms with van der Waals surface area (Å²) >= 11 is 0. The van der Waals surface area contributed by atoms with Crippen molar-refractivity contribution in [2.24, 2.45) is 0 Å². The SMILES string of the molecule is Nc1ccc2c(c1)CCCC2NC(=O)c1ccc(=O)oc1. The number of benzene rings is 1. The Labute approximate surface area is 121 Å². The highest BCUT2D eigenvalue weighted by Crippen LogP contribution is 2.31. The number of anilines is 1. The van der Waals surface area contributed by atoms with Crippen LogP contribution in [0.3, 0.4) is 0 Å². The molecule has 108 valence electrons. The summed E-state index contributed by atoms with van der Waals surface area (Å²) in [4.78, 5) is 23.1. The van der Waals surface area contributed by atoms with Gasteiger partial charge in [-0.05, 0) is 48.6 Å². The fraction of sp³-hybridized carbons (Fsp3) is 0.250. The van der Waals surface area contributed by atoms with Crippen molar-refractivity contribution in [3.8, 4) is 0 Å². The van der Waals surface area contributed by atoms with Crippen molar-refractivity contribution in [1.82, 2.24) is 5.32 Å². The van der Waals surface area contributed by atoms with Crippen LogP contribution in [0.15, 0.2) is 45.8 Å². The van der Waals surface area contributed by atoms with Gasteiger partial charge in [-0.2, -0.15) is 0 Å². The minimum atomic E-state index is -0.468. The summed E-state index contributed by atoms with van der Waals surface area (Å²) in [5, 5.41) is 2.99. The predicted molar refractivity (Wildman–Crippen MR) is 79.0 cm³/mol. The van der Waals surface area contributed by atoms with Crippen molar-refractivity contribution in [3.63, 3.8) is 0 Å². The fourth-order valence-electron chi connectivity index (χ4n) is 2.71. The van der Waals surface area contributed by atoms with Crippen LogP contribution in [0.25, 0.3) is 0 Å². The minimum absolute atomic E-state index is 0.0335. The lowest BCUT2D eigenvalue weighted by molar-refractivity contribution is 0.0930. The van der Waals surface area contributed by atoms with Crippen LogP contribution in [0, 0.1) is 0 Å². The van der Waals surface area contributed by atoms with Gasteiger partial charge >= 0.3 is 5.63 Å². The van der Waals surface area contributed by atoms with Gasteiger partial charge in [0.15, 0.2) is 0 Å². The number of aryl methyl sites for hydroxylation is 1. The number of nitrogens with one attached hydrogen (secondary N) is 1. The van der Waals surface area contributed by atoms with Gasteiger partial charge in [-0.15, -0.1) is 0 Å². The molecule has 1 aromatic carbocycles. The Balaban J connectivity index is 1.81. The maximum Gasteiger partial charge on any atom is 0.335 e. The van der Waals surface area contributed by atoms with Crippen molar-refractivity contribution in [2.45, 2.75) is 25.3 Å². The van der Waals surface area contributed by atoms with Gasteiger partial charge in [0.1, 0.15) is 6.26 Å². The first-order chi connectivity index (χ1) is 10.1. The molecule has 0 saturated heterocycles. The molecule has 1 aliphatic rings. The minimum Gasteiger partial charge on any atom is -0.430 e. The van der Waals surface area contributed by atoms with Gasteiger partial charge in [-0.1, -0.05) is 6.07 Å². The van der Waals surface area contributed by atoms with Crippen LogP contribution in [0.4, 0.5) is 5.69 Å². The lowest BCUT2D eigenvalue weighted by Gasteiger charge is -2.26. The number of carbonyl (C=O) groups excluding carboxylic acids is 1. The summed E-state index contributed by atoms with van der Waals surface area (Å²) in [6.45, 7) is 0. The largest absolute Gasteiger partial charge is 0.430 e. The quantitative estimate of drug-likeness (QED) is 0.826. The van der Waals surface area contributed by atoms with Crippen molar-refractivity contribution in [2.75, 3.05) is 5.73 Å². The normalized spacial score (nSPS) is 17.0. The maximum atomic E-state index is 12.2. The Morgan fingerprint density at radius 3 is 2.90 bits per heavy atom. The Bertz CT molecular complexity index is 716. The standard InChI is InChI=1S/C16H16N2O3/c17-12-5-6-13-10(8-12)2-1-3-14(13)18-16(20)11-4-7-15(19)21-9-11/h4-9,14H,1-3,17H2,(H,18,20). The van der Waals surface area contributed by atoms with Crippen LogP contribution < -0.4 is 16.7 Å². The summed E-state index contributed by atoms with van der Waals surface area (Å²) in [5.41, 5.74) is 8.72. The van der Waals surface area contributed by atoms with E-state index in [1.54, 1.807) is 0 Å². The summed E-state index contributed by atoms with van der Waals surface area (Å²) in [6.07, 6.45) is 4.06. The van der Waals surface area contributed by atoms with E-state index in [4.69, 9.17) is 10.2 Å². The number of fused-ring (bicyclic) bond motifs is 1. The van der Waals surface area contributed by atoms with Gasteiger partial charge in [0, 0.05) is 11.8 Å². The summed E-state index contributed by atoms with van der Waals surface area (Å²) in [6, 6.07) is 8.46. The molecule has 0 spiro atoms. The molecule has 5 heteroatoms. The van der Waals surface area contributed by atoms with Crippen molar-refractivity contribution >= 4 is 11.6 Å². The van der Waals surface area contributed by atoms with E-state index in [0.29, 0.717) is 5.56 Å². The zero-order valence-corrected chi connectivity index (χ0v) is 11.5. The molecule has 1 unspecified atom stereocenters. The Hall–Kier alpha value is -2.56. The molecule has 3 N–H and O–H groups in total. The molecular weight excluding hydrogens is 268 g/mol. The van der Waals surface area contributed by atoms with Gasteiger partial charge in [0.2, 0.25) is 0 Å². The Kier molecular flexibility index (Phi) is 3.48. The van der Waals surface area contributed by atoms with Crippen LogP contribution in [0.1, 0.15) is 40.4 Å². The molecule has 2 aromatic rings. The van der Waals surface area contributed by atoms with Crippen LogP contribution in [-0.4, -0.2) is 5.91 Å². The second-order valence-corrected chi connectivity index (χ2v) is 5.22. The average molecular weight is 284 g/mol. The maximum absolute atomic E-state index is 12.2. The third-order valence-electron chi connectivity index (χ3n) is 3.75. The highest BCUT2D eigenvalue weighted by Gasteiger charge is 2.22. The Morgan fingerprint density at radius 2 is 2.14 bits per heavy atom. The zero-order valence-electron chi connectivity index (χ0n) is 11.5. The summed E-state index contributed by atoms with van der Waals surface area (Å²) in [7, 11) is 0. The summed E-state index contributed by atoms with van der Waals surface area (Å²) < 4.78 is 4.72. The molecule has 0 aliphatic heterocycles. The molecule has 21 heavy (non-hydrogen) atoms. The third-order valence-corrected chi connectivity index (χ3v) is 3.75. The molecular formula is C16H16N2O3. The molecule has 1 atom stereocenters. The Morgan fingerprint density at radius 1 is 1.29 bits per heavy atom. The first-order valence-electron chi connectivity index (χ1n) is 6.91. The van der Waals surface area contributed by atoms with E-state index < -0.39 is 5.63 Å². The van der Waals surface area contributed by atoms with E-state index >= 15 is 0 Å². The van der Waals surface area contributed by atoms with E-state index in [1.807, 2.05) is 18.2 Å². The lowest BCUT2D eigenvalue weighted by Crippen LogP contribution is -2.31. The van der Waals surface area contributed by atoms with Crippen molar-refractivity contribution in [3.05, 3.63) is 63.7 Å². The first kappa shape index (κ1) is 13.4. The van der Waals surface area contributed by atoms with Crippen molar-refractivity contribution in [1.29, 1.82) is 0 Å². The van der Waals surface area contributed by atoms with Crippen LogP contribution in [0.2, 0.25) is 0 Å². The number of amides is 1. The summed E-state index contributed by atoms with van der Waals surface area (Å²) in [5.74, 6) is -0.242. The average Bonchev–Trinajstić information content (AvgIpc) is 2.47. The number of rotatable bonds is 2. The van der Waals surface area contributed by atoms with E-state index in [-0.39, 0.29) is 11.9 Å². The van der Waals surface area contributed by atoms with Gasteiger partial charge in [0.05, 0.1) is 11.6 Å². The van der Waals surface area contributed by atoms with Crippen LogP contribution in [-0.2, 0) is 6.42 Å². The zero-order chi connectivity index (χ0) is 14.8. The second-order valence-electron chi connectivity index (χ2n) is 5.22. The number of hydrogen-bond acceptors (Lipinski definition) is 4. The molecule has 3 rings (SSSR count). The van der Waals surface area contributed by atoms with E-state index in [9.17, 15) is 9.59 Å². The molecule has 0 radical (unpaired) electrons. The third kappa shape index (κ3) is 2.81. The van der Waals surface area contributed by atoms with E-state index in [0.717, 1.165) is 30.5 Å². The number of carbonyl (C=O) groups is 1. The second kappa shape index (κ2) is 5.44. The highest BCUT2D eigenvalue weighted by molar-refractivity contribution is 5.94. The molecule has 0 bridgehead atoms. The number of nitrogens with two attached hydrogens (primary N) is 1. The van der Waals surface area contributed by atoms with E-state index in [2.05, 4.69) is 5.32 Å². The number of nitrogen functional groups attached to an aromatic ring is 1. The molecule has 1 amide bonds. The van der Waals surface area contributed by atoms with Crippen LogP contribution in [0.5, 0.6) is 0 Å². The molecule has 1 heterocycles. The highest BCUT2D eigenvalue weighted by atomic mass is 16.4. The van der Waals surface area contributed by atoms with Crippen molar-refractivity contribution < 1.29 is 9.21 Å². The van der Waals surface area contributed by atoms with Crippen LogP contribution >= 0.6 is 0 Å². The smallest absolute Gasteiger partial charge is 0.335 e. The lowest BCUT2D eigenvalue weighted by atomic mass is 9.87. The van der Waals surface area contributed by atoms with Gasteiger partial charge in [0.25, 0.3) is 5.91 Å². The van der Waals surface area contributed by atoms with Gasteiger partial charge in [-0.3, -0.25) is 4.79 Å². The monoisotopic (exact) mass is 284 g/mol. The molecule has 0 fully saturated rings. The molecule has 1 aromatic heterocycles.